The Labute approximate surface area is 163 Å². The first-order valence-electron chi connectivity index (χ1n) is 8.66. The van der Waals surface area contributed by atoms with Gasteiger partial charge in [-0.2, -0.15) is 0 Å². The molecule has 28 heavy (non-hydrogen) atoms. The van der Waals surface area contributed by atoms with E-state index in [0.717, 1.165) is 11.1 Å². The zero-order valence-electron chi connectivity index (χ0n) is 15.6. The molecule has 0 atom stereocenters. The number of anilines is 1. The number of nitrogens with zero attached hydrogens (tertiary/aromatic N) is 3. The molecule has 0 saturated carbocycles. The number of aryl methyl sites for hydroxylation is 2. The number of rotatable bonds is 7. The van der Waals surface area contributed by atoms with Gasteiger partial charge in [-0.05, 0) is 49.2 Å². The van der Waals surface area contributed by atoms with Crippen LogP contribution in [-0.4, -0.2) is 35.4 Å². The summed E-state index contributed by atoms with van der Waals surface area (Å²) < 4.78 is 28.8. The first kappa shape index (κ1) is 19.7. The first-order chi connectivity index (χ1) is 13.3. The van der Waals surface area contributed by atoms with Gasteiger partial charge in [-0.3, -0.25) is 9.36 Å². The second-order valence-corrected chi connectivity index (χ2v) is 8.08. The minimum Gasteiger partial charge on any atom is -0.325 e. The highest BCUT2D eigenvalue weighted by atomic mass is 32.2. The molecule has 2 aromatic heterocycles. The molecule has 0 spiro atoms. The lowest BCUT2D eigenvalue weighted by molar-refractivity contribution is -0.116. The van der Waals surface area contributed by atoms with Crippen molar-refractivity contribution in [3.8, 4) is 5.82 Å². The summed E-state index contributed by atoms with van der Waals surface area (Å²) >= 11 is 0. The van der Waals surface area contributed by atoms with E-state index in [4.69, 9.17) is 0 Å². The van der Waals surface area contributed by atoms with Crippen LogP contribution in [0.1, 0.15) is 17.5 Å². The Morgan fingerprint density at radius 1 is 1.14 bits per heavy atom. The van der Waals surface area contributed by atoms with E-state index < -0.39 is 10.0 Å². The Morgan fingerprint density at radius 2 is 1.96 bits per heavy atom. The molecule has 2 N–H and O–H groups in total. The fraction of sp³-hybridized carbons (Fsp3) is 0.211. The monoisotopic (exact) mass is 399 g/mol. The van der Waals surface area contributed by atoms with Crippen LogP contribution in [0, 0.1) is 13.8 Å². The van der Waals surface area contributed by atoms with E-state index in [0.29, 0.717) is 11.5 Å². The van der Waals surface area contributed by atoms with Crippen molar-refractivity contribution in [2.24, 2.45) is 0 Å². The molecule has 1 aromatic carbocycles. The normalized spacial score (nSPS) is 11.4. The third-order valence-corrected chi connectivity index (χ3v) is 5.69. The van der Waals surface area contributed by atoms with Crippen LogP contribution in [0.5, 0.6) is 0 Å². The average Bonchev–Trinajstić information content (AvgIpc) is 3.19. The minimum absolute atomic E-state index is 0.00163. The Hall–Kier alpha value is -3.04. The molecule has 9 heteroatoms. The zero-order valence-corrected chi connectivity index (χ0v) is 16.4. The lowest BCUT2D eigenvalue weighted by Crippen LogP contribution is -2.28. The molecule has 3 rings (SSSR count). The van der Waals surface area contributed by atoms with Gasteiger partial charge in [0, 0.05) is 25.4 Å². The molecular weight excluding hydrogens is 378 g/mol. The maximum Gasteiger partial charge on any atom is 0.240 e. The molecular formula is C19H21N5O3S. The number of benzene rings is 1. The number of imidazole rings is 1. The Kier molecular flexibility index (Phi) is 5.86. The van der Waals surface area contributed by atoms with Crippen LogP contribution in [0.15, 0.2) is 60.1 Å². The molecule has 146 valence electrons. The number of carbonyl (C=O) groups is 1. The molecule has 3 aromatic rings. The van der Waals surface area contributed by atoms with Crippen molar-refractivity contribution in [1.82, 2.24) is 19.3 Å². The van der Waals surface area contributed by atoms with Crippen molar-refractivity contribution >= 4 is 21.6 Å². The number of nitrogens with one attached hydrogen (secondary N) is 2. The number of amides is 1. The van der Waals surface area contributed by atoms with Crippen molar-refractivity contribution in [3.05, 3.63) is 66.4 Å². The molecule has 0 bridgehead atoms. The first-order valence-corrected chi connectivity index (χ1v) is 10.1. The van der Waals surface area contributed by atoms with Gasteiger partial charge in [-0.15, -0.1) is 0 Å². The fourth-order valence-electron chi connectivity index (χ4n) is 2.49. The van der Waals surface area contributed by atoms with Crippen LogP contribution in [0.2, 0.25) is 0 Å². The van der Waals surface area contributed by atoms with Gasteiger partial charge in [0.2, 0.25) is 15.9 Å². The molecule has 0 aliphatic carbocycles. The maximum atomic E-state index is 12.3. The summed E-state index contributed by atoms with van der Waals surface area (Å²) in [5.74, 6) is 0.372. The van der Waals surface area contributed by atoms with Crippen molar-refractivity contribution < 1.29 is 13.2 Å². The standard InChI is InChI=1S/C19H21N5O3S/c1-14-3-5-17(11-15(14)2)28(26,27)22-8-7-19(25)23-16-4-6-18(21-12-16)24-10-9-20-13-24/h3-6,9-13,22H,7-8H2,1-2H3,(H,23,25). The summed E-state index contributed by atoms with van der Waals surface area (Å²) in [5, 5.41) is 2.70. The highest BCUT2D eigenvalue weighted by molar-refractivity contribution is 7.89. The van der Waals surface area contributed by atoms with E-state index in [1.807, 2.05) is 13.8 Å². The molecule has 0 aliphatic rings. The smallest absolute Gasteiger partial charge is 0.240 e. The van der Waals surface area contributed by atoms with E-state index in [2.05, 4.69) is 20.0 Å². The van der Waals surface area contributed by atoms with Crippen LogP contribution < -0.4 is 10.0 Å². The van der Waals surface area contributed by atoms with Gasteiger partial charge in [0.15, 0.2) is 0 Å². The van der Waals surface area contributed by atoms with Crippen molar-refractivity contribution in [2.45, 2.75) is 25.2 Å². The number of carbonyl (C=O) groups excluding carboxylic acids is 1. The van der Waals surface area contributed by atoms with Crippen LogP contribution in [-0.2, 0) is 14.8 Å². The van der Waals surface area contributed by atoms with Crippen molar-refractivity contribution in [2.75, 3.05) is 11.9 Å². The Bertz CT molecular complexity index is 1060. The largest absolute Gasteiger partial charge is 0.325 e. The summed E-state index contributed by atoms with van der Waals surface area (Å²) in [6.07, 6.45) is 6.58. The molecule has 0 saturated heterocycles. The third-order valence-electron chi connectivity index (χ3n) is 4.23. The van der Waals surface area contributed by atoms with E-state index >= 15 is 0 Å². The van der Waals surface area contributed by atoms with Gasteiger partial charge in [0.25, 0.3) is 0 Å². The lowest BCUT2D eigenvalue weighted by Gasteiger charge is -2.09. The molecule has 0 radical (unpaired) electrons. The topological polar surface area (TPSA) is 106 Å². The SMILES string of the molecule is Cc1ccc(S(=O)(=O)NCCC(=O)Nc2ccc(-n3ccnc3)nc2)cc1C. The van der Waals surface area contributed by atoms with Gasteiger partial charge in [-0.25, -0.2) is 23.1 Å². The van der Waals surface area contributed by atoms with E-state index in [9.17, 15) is 13.2 Å². The summed E-state index contributed by atoms with van der Waals surface area (Å²) in [6.45, 7) is 3.77. The summed E-state index contributed by atoms with van der Waals surface area (Å²) in [6, 6.07) is 8.40. The van der Waals surface area contributed by atoms with Gasteiger partial charge >= 0.3 is 0 Å². The van der Waals surface area contributed by atoms with Gasteiger partial charge < -0.3 is 5.32 Å². The number of sulfonamides is 1. The molecule has 0 fully saturated rings. The van der Waals surface area contributed by atoms with Gasteiger partial charge in [-0.1, -0.05) is 6.07 Å². The minimum atomic E-state index is -3.65. The summed E-state index contributed by atoms with van der Waals surface area (Å²) in [5.41, 5.74) is 2.45. The molecule has 1 amide bonds. The second-order valence-electron chi connectivity index (χ2n) is 6.32. The lowest BCUT2D eigenvalue weighted by atomic mass is 10.1. The molecule has 2 heterocycles. The predicted molar refractivity (Wildman–Crippen MR) is 106 cm³/mol. The van der Waals surface area contributed by atoms with Crippen molar-refractivity contribution in [1.29, 1.82) is 0 Å². The second kappa shape index (κ2) is 8.32. The van der Waals surface area contributed by atoms with Crippen molar-refractivity contribution in [3.63, 3.8) is 0 Å². The Balaban J connectivity index is 1.52. The average molecular weight is 399 g/mol. The Morgan fingerprint density at radius 3 is 2.61 bits per heavy atom. The van der Waals surface area contributed by atoms with Crippen LogP contribution >= 0.6 is 0 Å². The highest BCUT2D eigenvalue weighted by Crippen LogP contribution is 2.14. The quantitative estimate of drug-likeness (QED) is 0.633. The number of hydrogen-bond donors (Lipinski definition) is 2. The maximum absolute atomic E-state index is 12.3. The van der Waals surface area contributed by atoms with Gasteiger partial charge in [0.05, 0.1) is 16.8 Å². The highest BCUT2D eigenvalue weighted by Gasteiger charge is 2.15. The number of hydrogen-bond acceptors (Lipinski definition) is 5. The van der Waals surface area contributed by atoms with Crippen LogP contribution in [0.4, 0.5) is 5.69 Å². The van der Waals surface area contributed by atoms with E-state index in [1.165, 1.54) is 6.20 Å². The number of aromatic nitrogens is 3. The van der Waals surface area contributed by atoms with Crippen LogP contribution in [0.25, 0.3) is 5.82 Å². The molecule has 8 nitrogen and oxygen atoms in total. The molecule has 0 aliphatic heterocycles. The summed E-state index contributed by atoms with van der Waals surface area (Å²) in [4.78, 5) is 20.4. The molecule has 0 unspecified atom stereocenters. The fourth-order valence-corrected chi connectivity index (χ4v) is 3.61. The van der Waals surface area contributed by atoms with Crippen LogP contribution in [0.3, 0.4) is 0 Å². The third kappa shape index (κ3) is 4.81. The number of pyridine rings is 1. The van der Waals surface area contributed by atoms with E-state index in [1.54, 1.807) is 53.6 Å². The summed E-state index contributed by atoms with van der Waals surface area (Å²) in [7, 11) is -3.65. The van der Waals surface area contributed by atoms with E-state index in [-0.39, 0.29) is 23.8 Å². The van der Waals surface area contributed by atoms with Gasteiger partial charge in [0.1, 0.15) is 12.1 Å². The predicted octanol–water partition coefficient (Wildman–Crippen LogP) is 2.19. The zero-order chi connectivity index (χ0) is 20.1.